The molecule has 0 unspecified atom stereocenters. The Morgan fingerprint density at radius 2 is 1.89 bits per heavy atom. The summed E-state index contributed by atoms with van der Waals surface area (Å²) in [5.41, 5.74) is 3.25. The second kappa shape index (κ2) is 5.36. The van der Waals surface area contributed by atoms with E-state index in [9.17, 15) is 4.79 Å². The van der Waals surface area contributed by atoms with E-state index in [2.05, 4.69) is 15.3 Å². The lowest BCUT2D eigenvalue weighted by Gasteiger charge is -2.08. The van der Waals surface area contributed by atoms with Gasteiger partial charge in [-0.25, -0.2) is 9.97 Å². The van der Waals surface area contributed by atoms with Crippen molar-refractivity contribution in [1.29, 1.82) is 0 Å². The van der Waals surface area contributed by atoms with Gasteiger partial charge in [0.05, 0.1) is 0 Å². The highest BCUT2D eigenvalue weighted by atomic mass is 35.5. The Morgan fingerprint density at radius 3 is 2.58 bits per heavy atom. The summed E-state index contributed by atoms with van der Waals surface area (Å²) in [6.45, 7) is 5.62. The van der Waals surface area contributed by atoms with Gasteiger partial charge in [-0.1, -0.05) is 29.3 Å². The molecule has 5 heteroatoms. The summed E-state index contributed by atoms with van der Waals surface area (Å²) in [7, 11) is 0. The van der Waals surface area contributed by atoms with Gasteiger partial charge < -0.3 is 0 Å². The molecule has 0 atom stereocenters. The molecule has 4 nitrogen and oxygen atoms in total. The van der Waals surface area contributed by atoms with Crippen molar-refractivity contribution in [2.45, 2.75) is 20.8 Å². The van der Waals surface area contributed by atoms with E-state index in [0.717, 1.165) is 11.1 Å². The Kier molecular flexibility index (Phi) is 3.81. The van der Waals surface area contributed by atoms with E-state index in [0.29, 0.717) is 16.4 Å². The Morgan fingerprint density at radius 1 is 1.16 bits per heavy atom. The number of rotatable bonds is 2. The molecule has 98 valence electrons. The number of anilines is 1. The molecular formula is C14H14ClN3O. The normalized spacial score (nSPS) is 10.3. The number of amides is 1. The molecule has 0 aliphatic heterocycles. The molecule has 0 fully saturated rings. The minimum atomic E-state index is -0.233. The van der Waals surface area contributed by atoms with Gasteiger partial charge >= 0.3 is 0 Å². The molecule has 1 aromatic carbocycles. The Labute approximate surface area is 116 Å². The van der Waals surface area contributed by atoms with Crippen molar-refractivity contribution < 1.29 is 4.79 Å². The number of aryl methyl sites for hydroxylation is 3. The van der Waals surface area contributed by atoms with E-state index >= 15 is 0 Å². The Hall–Kier alpha value is -1.94. The molecule has 0 bridgehead atoms. The van der Waals surface area contributed by atoms with E-state index in [1.807, 2.05) is 32.0 Å². The molecule has 1 heterocycles. The smallest absolute Gasteiger partial charge is 0.258 e. The molecule has 2 rings (SSSR count). The van der Waals surface area contributed by atoms with Crippen molar-refractivity contribution >= 4 is 23.5 Å². The van der Waals surface area contributed by atoms with Crippen molar-refractivity contribution in [2.75, 3.05) is 5.32 Å². The van der Waals surface area contributed by atoms with Crippen LogP contribution < -0.4 is 5.32 Å². The minimum Gasteiger partial charge on any atom is -0.290 e. The average Bonchev–Trinajstić information content (AvgIpc) is 2.30. The van der Waals surface area contributed by atoms with E-state index in [4.69, 9.17) is 11.6 Å². The van der Waals surface area contributed by atoms with E-state index in [1.54, 1.807) is 13.0 Å². The monoisotopic (exact) mass is 275 g/mol. The summed E-state index contributed by atoms with van der Waals surface area (Å²) in [4.78, 5) is 20.3. The number of benzene rings is 1. The van der Waals surface area contributed by atoms with Crippen molar-refractivity contribution in [3.8, 4) is 0 Å². The van der Waals surface area contributed by atoms with Gasteiger partial charge in [-0.3, -0.25) is 10.1 Å². The average molecular weight is 276 g/mol. The van der Waals surface area contributed by atoms with Gasteiger partial charge in [-0.2, -0.15) is 0 Å². The number of nitrogens with zero attached hydrogens (tertiary/aromatic N) is 2. The van der Waals surface area contributed by atoms with Crippen LogP contribution in [0.4, 0.5) is 5.95 Å². The maximum atomic E-state index is 12.2. The van der Waals surface area contributed by atoms with E-state index in [-0.39, 0.29) is 11.9 Å². The molecule has 0 radical (unpaired) electrons. The summed E-state index contributed by atoms with van der Waals surface area (Å²) >= 11 is 5.83. The van der Waals surface area contributed by atoms with E-state index < -0.39 is 0 Å². The second-order valence-electron chi connectivity index (χ2n) is 4.43. The molecule has 0 saturated heterocycles. The predicted molar refractivity (Wildman–Crippen MR) is 75.6 cm³/mol. The fourth-order valence-electron chi connectivity index (χ4n) is 1.74. The van der Waals surface area contributed by atoms with Crippen LogP contribution in [0.25, 0.3) is 0 Å². The second-order valence-corrected chi connectivity index (χ2v) is 4.82. The number of carbonyl (C=O) groups is 1. The van der Waals surface area contributed by atoms with Crippen molar-refractivity contribution in [2.24, 2.45) is 0 Å². The molecule has 0 spiro atoms. The fraction of sp³-hybridized carbons (Fsp3) is 0.214. The molecular weight excluding hydrogens is 262 g/mol. The summed E-state index contributed by atoms with van der Waals surface area (Å²) in [5.74, 6) is -0.0150. The Bertz CT molecular complexity index is 620. The van der Waals surface area contributed by atoms with Gasteiger partial charge in [0.15, 0.2) is 0 Å². The van der Waals surface area contributed by atoms with Crippen molar-refractivity contribution in [3.63, 3.8) is 0 Å². The number of carbonyl (C=O) groups excluding carboxylic acids is 1. The maximum absolute atomic E-state index is 12.2. The number of hydrogen-bond acceptors (Lipinski definition) is 3. The third-order valence-corrected chi connectivity index (χ3v) is 2.88. The van der Waals surface area contributed by atoms with Gasteiger partial charge in [-0.05, 0) is 38.5 Å². The lowest BCUT2D eigenvalue weighted by molar-refractivity contribution is 0.102. The fourth-order valence-corrected chi connectivity index (χ4v) is 1.97. The molecule has 1 N–H and O–H groups in total. The molecule has 0 saturated carbocycles. The lowest BCUT2D eigenvalue weighted by atomic mass is 10.1. The van der Waals surface area contributed by atoms with Crippen LogP contribution >= 0.6 is 11.6 Å². The quantitative estimate of drug-likeness (QED) is 0.856. The third-order valence-electron chi connectivity index (χ3n) is 2.69. The van der Waals surface area contributed by atoms with Crippen LogP contribution in [0.15, 0.2) is 24.3 Å². The first-order valence-corrected chi connectivity index (χ1v) is 6.23. The first-order valence-electron chi connectivity index (χ1n) is 5.85. The highest BCUT2D eigenvalue weighted by Gasteiger charge is 2.11. The molecule has 0 aliphatic rings. The number of halogens is 1. The van der Waals surface area contributed by atoms with Crippen LogP contribution in [-0.4, -0.2) is 15.9 Å². The molecule has 1 aromatic heterocycles. The zero-order valence-electron chi connectivity index (χ0n) is 11.0. The van der Waals surface area contributed by atoms with Crippen LogP contribution in [0.3, 0.4) is 0 Å². The zero-order valence-corrected chi connectivity index (χ0v) is 11.7. The summed E-state index contributed by atoms with van der Waals surface area (Å²) in [6.07, 6.45) is 0. The molecule has 19 heavy (non-hydrogen) atoms. The van der Waals surface area contributed by atoms with Crippen molar-refractivity contribution in [1.82, 2.24) is 9.97 Å². The van der Waals surface area contributed by atoms with Crippen LogP contribution in [0.5, 0.6) is 0 Å². The first-order chi connectivity index (χ1) is 8.95. The van der Waals surface area contributed by atoms with Gasteiger partial charge in [0.1, 0.15) is 5.15 Å². The largest absolute Gasteiger partial charge is 0.290 e. The van der Waals surface area contributed by atoms with Crippen molar-refractivity contribution in [3.05, 3.63) is 51.8 Å². The SMILES string of the molecule is Cc1ccc(C)c(C(=O)Nc2nc(C)cc(Cl)n2)c1. The first kappa shape index (κ1) is 13.5. The summed E-state index contributed by atoms with van der Waals surface area (Å²) in [6, 6.07) is 7.34. The molecule has 2 aromatic rings. The third kappa shape index (κ3) is 3.29. The topological polar surface area (TPSA) is 54.9 Å². The number of hydrogen-bond donors (Lipinski definition) is 1. The van der Waals surface area contributed by atoms with Crippen LogP contribution in [-0.2, 0) is 0 Å². The van der Waals surface area contributed by atoms with E-state index in [1.165, 1.54) is 0 Å². The minimum absolute atomic E-state index is 0.218. The highest BCUT2D eigenvalue weighted by molar-refractivity contribution is 6.29. The summed E-state index contributed by atoms with van der Waals surface area (Å²) in [5, 5.41) is 2.97. The predicted octanol–water partition coefficient (Wildman–Crippen LogP) is 3.31. The number of aromatic nitrogens is 2. The van der Waals surface area contributed by atoms with Crippen LogP contribution in [0.1, 0.15) is 27.2 Å². The van der Waals surface area contributed by atoms with Crippen LogP contribution in [0.2, 0.25) is 5.15 Å². The van der Waals surface area contributed by atoms with Crippen LogP contribution in [0, 0.1) is 20.8 Å². The maximum Gasteiger partial charge on any atom is 0.258 e. The lowest BCUT2D eigenvalue weighted by Crippen LogP contribution is -2.16. The van der Waals surface area contributed by atoms with Gasteiger partial charge in [0, 0.05) is 11.3 Å². The zero-order chi connectivity index (χ0) is 14.0. The summed E-state index contributed by atoms with van der Waals surface area (Å²) < 4.78 is 0. The highest BCUT2D eigenvalue weighted by Crippen LogP contribution is 2.14. The standard InChI is InChI=1S/C14H14ClN3O/c1-8-4-5-9(2)11(6-8)13(19)18-14-16-10(3)7-12(15)17-14/h4-7H,1-3H3,(H,16,17,18,19). The van der Waals surface area contributed by atoms with Gasteiger partial charge in [-0.15, -0.1) is 0 Å². The van der Waals surface area contributed by atoms with Gasteiger partial charge in [0.25, 0.3) is 5.91 Å². The molecule has 0 aliphatic carbocycles. The van der Waals surface area contributed by atoms with Gasteiger partial charge in [0.2, 0.25) is 5.95 Å². The Balaban J connectivity index is 2.28. The molecule has 1 amide bonds. The number of nitrogens with one attached hydrogen (secondary N) is 1.